The van der Waals surface area contributed by atoms with Gasteiger partial charge in [-0.05, 0) is 11.1 Å². The topological polar surface area (TPSA) is 79.9 Å². The van der Waals surface area contributed by atoms with Gasteiger partial charge in [0.2, 0.25) is 5.60 Å². The van der Waals surface area contributed by atoms with Crippen LogP contribution in [0.15, 0.2) is 60.7 Å². The van der Waals surface area contributed by atoms with E-state index in [4.69, 9.17) is 14.0 Å². The van der Waals surface area contributed by atoms with E-state index in [-0.39, 0.29) is 28.5 Å². The Bertz CT molecular complexity index is 584. The third-order valence-electron chi connectivity index (χ3n) is 2.79. The van der Waals surface area contributed by atoms with Crippen molar-refractivity contribution < 1.29 is 49.6 Å². The number of benzene rings is 2. The minimum atomic E-state index is -4.78. The van der Waals surface area contributed by atoms with E-state index >= 15 is 0 Å². The van der Waals surface area contributed by atoms with Crippen molar-refractivity contribution in [2.45, 2.75) is 11.8 Å². The number of hydrogen-bond donors (Lipinski definition) is 1. The predicted molar refractivity (Wildman–Crippen MR) is 73.7 cm³/mol. The van der Waals surface area contributed by atoms with Crippen LogP contribution in [-0.2, 0) is 36.9 Å². The maximum Gasteiger partial charge on any atom is 0 e. The summed E-state index contributed by atoms with van der Waals surface area (Å²) in [5.41, 5.74) is -3.36. The number of rotatable bonds is 2. The van der Waals surface area contributed by atoms with Crippen LogP contribution in [0.25, 0.3) is 0 Å². The summed E-state index contributed by atoms with van der Waals surface area (Å²) in [5.74, 6) is 0. The van der Waals surface area contributed by atoms with Gasteiger partial charge in [-0.2, -0.15) is 13.2 Å². The largest absolute Gasteiger partial charge is 0 e. The van der Waals surface area contributed by atoms with Crippen molar-refractivity contribution in [1.82, 2.24) is 0 Å². The molecule has 0 aromatic heterocycles. The van der Waals surface area contributed by atoms with Crippen LogP contribution in [0, 0.1) is 20.0 Å². The molecule has 0 amide bonds. The van der Waals surface area contributed by atoms with Gasteiger partial charge < -0.3 is 5.11 Å². The molecule has 2 aromatic rings. The monoisotopic (exact) mass is 388 g/mol. The Balaban J connectivity index is -0.000000626. The van der Waals surface area contributed by atoms with Crippen LogP contribution in [0.3, 0.4) is 0 Å². The Labute approximate surface area is 153 Å². The van der Waals surface area contributed by atoms with Gasteiger partial charge in [-0.3, -0.25) is 0 Å². The van der Waals surface area contributed by atoms with E-state index in [9.17, 15) is 18.3 Å². The fourth-order valence-corrected chi connectivity index (χ4v) is 1.85. The molecule has 0 unspecified atom stereocenters. The fraction of sp³-hybridized carbons (Fsp3) is 0.118. The second-order valence-electron chi connectivity index (χ2n) is 3.94. The number of hydrogen-bond acceptors (Lipinski definition) is 1. The summed E-state index contributed by atoms with van der Waals surface area (Å²) >= 11 is 0. The first-order valence-corrected chi connectivity index (χ1v) is 5.97. The SMILES string of the molecule is OC(c1ccccc1)(c1ccccc1)C(F)(F)F.[C-]#[O+].[C-]#[O+].[C-]#[O+].[Cr]. The Kier molecular flexibility index (Phi) is 15.9. The van der Waals surface area contributed by atoms with Crippen LogP contribution >= 0.6 is 0 Å². The second kappa shape index (κ2) is 14.3. The molecule has 130 valence electrons. The van der Waals surface area contributed by atoms with Gasteiger partial charge in [0, 0.05) is 17.4 Å². The second-order valence-corrected chi connectivity index (χ2v) is 3.94. The molecule has 2 rings (SSSR count). The third kappa shape index (κ3) is 7.15. The van der Waals surface area contributed by atoms with Crippen LogP contribution in [-0.4, -0.2) is 11.3 Å². The summed E-state index contributed by atoms with van der Waals surface area (Å²) in [4.78, 5) is 0. The quantitative estimate of drug-likeness (QED) is 0.621. The van der Waals surface area contributed by atoms with Crippen LogP contribution in [0.4, 0.5) is 13.2 Å². The smallest absolute Gasteiger partial charge is 0 e. The van der Waals surface area contributed by atoms with Gasteiger partial charge >= 0.3 is 40.1 Å². The van der Waals surface area contributed by atoms with Gasteiger partial charge in [0.1, 0.15) is 0 Å². The summed E-state index contributed by atoms with van der Waals surface area (Å²) in [6.07, 6.45) is -4.78. The first-order chi connectivity index (χ1) is 11.5. The van der Waals surface area contributed by atoms with Crippen molar-refractivity contribution in [2.75, 3.05) is 0 Å². The van der Waals surface area contributed by atoms with E-state index in [0.717, 1.165) is 0 Å². The van der Waals surface area contributed by atoms with Gasteiger partial charge in [-0.15, -0.1) is 0 Å². The third-order valence-corrected chi connectivity index (χ3v) is 2.79. The first-order valence-electron chi connectivity index (χ1n) is 5.97. The average molecular weight is 388 g/mol. The van der Waals surface area contributed by atoms with E-state index in [1.165, 1.54) is 48.5 Å². The van der Waals surface area contributed by atoms with Gasteiger partial charge in [0.05, 0.1) is 0 Å². The van der Waals surface area contributed by atoms with Crippen molar-refractivity contribution in [3.8, 4) is 0 Å². The van der Waals surface area contributed by atoms with Crippen molar-refractivity contribution in [1.29, 1.82) is 0 Å². The minimum absolute atomic E-state index is 0. The van der Waals surface area contributed by atoms with Crippen LogP contribution < -0.4 is 0 Å². The average Bonchev–Trinajstić information content (AvgIpc) is 2.66. The maximum absolute atomic E-state index is 13.2. The van der Waals surface area contributed by atoms with Crippen molar-refractivity contribution in [2.24, 2.45) is 0 Å². The molecule has 0 saturated heterocycles. The van der Waals surface area contributed by atoms with Crippen LogP contribution in [0.5, 0.6) is 0 Å². The fourth-order valence-electron chi connectivity index (χ4n) is 1.85. The van der Waals surface area contributed by atoms with Crippen LogP contribution in [0.1, 0.15) is 11.1 Å². The molecule has 0 aliphatic carbocycles. The minimum Gasteiger partial charge on any atom is 0 e. The molecule has 1 N–H and O–H groups in total. The zero-order chi connectivity index (χ0) is 19.2. The van der Waals surface area contributed by atoms with Crippen molar-refractivity contribution in [3.63, 3.8) is 0 Å². The summed E-state index contributed by atoms with van der Waals surface area (Å²) < 4.78 is 62.2. The van der Waals surface area contributed by atoms with Gasteiger partial charge in [0.15, 0.2) is 0 Å². The first kappa shape index (κ1) is 27.8. The molecule has 0 radical (unpaired) electrons. The summed E-state index contributed by atoms with van der Waals surface area (Å²) in [7, 11) is 0. The molecule has 25 heavy (non-hydrogen) atoms. The van der Waals surface area contributed by atoms with Gasteiger partial charge in [-0.25, -0.2) is 0 Å². The van der Waals surface area contributed by atoms with E-state index in [1.807, 2.05) is 0 Å². The Morgan fingerprint density at radius 1 is 0.640 bits per heavy atom. The van der Waals surface area contributed by atoms with E-state index in [1.54, 1.807) is 12.1 Å². The number of alkyl halides is 3. The molecule has 2 aromatic carbocycles. The molecule has 0 saturated carbocycles. The Morgan fingerprint density at radius 2 is 0.880 bits per heavy atom. The Hall–Kier alpha value is -2.06. The Morgan fingerprint density at radius 3 is 1.08 bits per heavy atom. The molecule has 0 spiro atoms. The molecule has 0 aliphatic heterocycles. The molecule has 0 atom stereocenters. The van der Waals surface area contributed by atoms with E-state index in [2.05, 4.69) is 20.0 Å². The van der Waals surface area contributed by atoms with E-state index in [0.29, 0.717) is 0 Å². The summed E-state index contributed by atoms with van der Waals surface area (Å²) in [5, 5.41) is 10.2. The predicted octanol–water partition coefficient (Wildman–Crippen LogP) is 3.37. The molecule has 0 heterocycles. The summed E-state index contributed by atoms with van der Waals surface area (Å²) in [6, 6.07) is 14.1. The molecular formula is C17H11CrF3O4. The molecule has 0 bridgehead atoms. The van der Waals surface area contributed by atoms with E-state index < -0.39 is 11.8 Å². The molecular weight excluding hydrogens is 377 g/mol. The molecule has 4 nitrogen and oxygen atoms in total. The normalized spacial score (nSPS) is 9.20. The van der Waals surface area contributed by atoms with Crippen molar-refractivity contribution in [3.05, 3.63) is 91.7 Å². The maximum atomic E-state index is 13.2. The van der Waals surface area contributed by atoms with Gasteiger partial charge in [-0.1, -0.05) is 60.7 Å². The zero-order valence-electron chi connectivity index (χ0n) is 12.5. The van der Waals surface area contributed by atoms with Crippen LogP contribution in [0.2, 0.25) is 0 Å². The van der Waals surface area contributed by atoms with Crippen molar-refractivity contribution >= 4 is 0 Å². The number of halogens is 3. The standard InChI is InChI=1S/C14H11F3O.3CO.Cr/c15-14(16,17)13(18,11-7-3-1-4-8-11)12-9-5-2-6-10-12;3*1-2;/h1-10,18H;;;;. The zero-order valence-corrected chi connectivity index (χ0v) is 13.8. The molecule has 8 heteroatoms. The molecule has 0 aliphatic rings. The summed E-state index contributed by atoms with van der Waals surface area (Å²) in [6.45, 7) is 13.5. The number of aliphatic hydroxyl groups is 1. The van der Waals surface area contributed by atoms with Gasteiger partial charge in [0.25, 0.3) is 0 Å². The molecule has 0 fully saturated rings.